The van der Waals surface area contributed by atoms with Crippen LogP contribution in [-0.4, -0.2) is 6.16 Å². The molecule has 1 atom stereocenters. The molecule has 0 nitrogen and oxygen atoms in total. The standard InChI is InChI=1S/C6H6.C3H9P/c1-2-4-6-5-3-1;1-2-3-4/h1-6H;2-4H2,1H3. The second-order valence-corrected chi connectivity index (χ2v) is 2.52. The van der Waals surface area contributed by atoms with Crippen LogP contribution in [0.1, 0.15) is 13.3 Å². The molecule has 0 aliphatic rings. The highest BCUT2D eigenvalue weighted by molar-refractivity contribution is 7.16. The zero-order chi connectivity index (χ0) is 7.66. The fourth-order valence-electron chi connectivity index (χ4n) is 0.385. The van der Waals surface area contributed by atoms with E-state index in [0.717, 1.165) is 0 Å². The van der Waals surface area contributed by atoms with Gasteiger partial charge in [0, 0.05) is 0 Å². The number of rotatable bonds is 1. The van der Waals surface area contributed by atoms with E-state index in [1.807, 2.05) is 36.4 Å². The largest absolute Gasteiger partial charge is 0.138 e. The molecule has 0 bridgehead atoms. The molecule has 0 aliphatic carbocycles. The van der Waals surface area contributed by atoms with E-state index in [1.54, 1.807) is 0 Å². The maximum absolute atomic E-state index is 2.66. The summed E-state index contributed by atoms with van der Waals surface area (Å²) < 4.78 is 0. The normalized spacial score (nSPS) is 7.80. The molecule has 0 fully saturated rings. The van der Waals surface area contributed by atoms with Crippen molar-refractivity contribution in [2.24, 2.45) is 0 Å². The maximum atomic E-state index is 2.66. The fraction of sp³-hybridized carbons (Fsp3) is 0.333. The molecule has 0 saturated heterocycles. The minimum absolute atomic E-state index is 1.24. The summed E-state index contributed by atoms with van der Waals surface area (Å²) in [7, 11) is 2.66. The quantitative estimate of drug-likeness (QED) is 0.545. The Morgan fingerprint density at radius 3 is 1.20 bits per heavy atom. The molecule has 56 valence electrons. The zero-order valence-electron chi connectivity index (χ0n) is 6.46. The van der Waals surface area contributed by atoms with Crippen molar-refractivity contribution in [3.8, 4) is 0 Å². The summed E-state index contributed by atoms with van der Waals surface area (Å²) in [4.78, 5) is 0. The van der Waals surface area contributed by atoms with Crippen LogP contribution in [0.15, 0.2) is 36.4 Å². The van der Waals surface area contributed by atoms with Gasteiger partial charge >= 0.3 is 0 Å². The van der Waals surface area contributed by atoms with E-state index in [1.165, 1.54) is 12.6 Å². The van der Waals surface area contributed by atoms with E-state index < -0.39 is 0 Å². The van der Waals surface area contributed by atoms with Crippen LogP contribution in [0.5, 0.6) is 0 Å². The highest BCUT2D eigenvalue weighted by Gasteiger charge is 1.58. The van der Waals surface area contributed by atoms with Crippen molar-refractivity contribution >= 4 is 9.24 Å². The molecule has 0 aliphatic heterocycles. The molecule has 1 aromatic carbocycles. The summed E-state index contributed by atoms with van der Waals surface area (Å²) in [6, 6.07) is 12.0. The maximum Gasteiger partial charge on any atom is -0.0384 e. The summed E-state index contributed by atoms with van der Waals surface area (Å²) in [6.45, 7) is 2.16. The third-order valence-corrected chi connectivity index (χ3v) is 1.53. The first-order chi connectivity index (χ1) is 4.91. The van der Waals surface area contributed by atoms with Gasteiger partial charge in [-0.25, -0.2) is 0 Å². The van der Waals surface area contributed by atoms with Gasteiger partial charge in [0.15, 0.2) is 0 Å². The third-order valence-electron chi connectivity index (χ3n) is 0.955. The third kappa shape index (κ3) is 7.65. The van der Waals surface area contributed by atoms with Crippen molar-refractivity contribution < 1.29 is 0 Å². The topological polar surface area (TPSA) is 0 Å². The van der Waals surface area contributed by atoms with Gasteiger partial charge in [-0.1, -0.05) is 49.7 Å². The van der Waals surface area contributed by atoms with Gasteiger partial charge in [-0.2, -0.15) is 0 Å². The number of benzene rings is 1. The predicted octanol–water partition coefficient (Wildman–Crippen LogP) is 2.96. The van der Waals surface area contributed by atoms with Gasteiger partial charge < -0.3 is 0 Å². The molecule has 0 spiro atoms. The minimum Gasteiger partial charge on any atom is -0.138 e. The zero-order valence-corrected chi connectivity index (χ0v) is 7.61. The van der Waals surface area contributed by atoms with Crippen LogP contribution in [0, 0.1) is 0 Å². The summed E-state index contributed by atoms with van der Waals surface area (Å²) >= 11 is 0. The van der Waals surface area contributed by atoms with Crippen LogP contribution < -0.4 is 0 Å². The molecule has 0 saturated carbocycles. The van der Waals surface area contributed by atoms with Crippen LogP contribution in [0.4, 0.5) is 0 Å². The lowest BCUT2D eigenvalue weighted by Crippen LogP contribution is -1.54. The van der Waals surface area contributed by atoms with Gasteiger partial charge in [0.1, 0.15) is 0 Å². The molecule has 0 heterocycles. The minimum atomic E-state index is 1.24. The van der Waals surface area contributed by atoms with Crippen LogP contribution in [-0.2, 0) is 0 Å². The average Bonchev–Trinajstić information content (AvgIpc) is 2.08. The van der Waals surface area contributed by atoms with E-state index in [-0.39, 0.29) is 0 Å². The van der Waals surface area contributed by atoms with Crippen molar-refractivity contribution in [1.29, 1.82) is 0 Å². The van der Waals surface area contributed by atoms with Crippen molar-refractivity contribution in [3.63, 3.8) is 0 Å². The summed E-state index contributed by atoms with van der Waals surface area (Å²) in [5.74, 6) is 0. The van der Waals surface area contributed by atoms with E-state index in [0.29, 0.717) is 0 Å². The van der Waals surface area contributed by atoms with Crippen LogP contribution in [0.3, 0.4) is 0 Å². The van der Waals surface area contributed by atoms with Crippen molar-refractivity contribution in [3.05, 3.63) is 36.4 Å². The SMILES string of the molecule is CCCP.c1ccccc1. The fourth-order valence-corrected chi connectivity index (χ4v) is 0.385. The first-order valence-electron chi connectivity index (χ1n) is 3.62. The predicted molar refractivity (Wildman–Crippen MR) is 51.3 cm³/mol. The van der Waals surface area contributed by atoms with E-state index in [2.05, 4.69) is 16.2 Å². The molecular weight excluding hydrogens is 139 g/mol. The molecule has 1 aromatic rings. The van der Waals surface area contributed by atoms with Gasteiger partial charge in [0.25, 0.3) is 0 Å². The summed E-state index contributed by atoms with van der Waals surface area (Å²) in [5, 5.41) is 0. The Bertz CT molecular complexity index is 96.7. The molecule has 0 amide bonds. The number of hydrogen-bond donors (Lipinski definition) is 0. The molecule has 0 aromatic heterocycles. The van der Waals surface area contributed by atoms with E-state index >= 15 is 0 Å². The van der Waals surface area contributed by atoms with Crippen molar-refractivity contribution in [2.75, 3.05) is 6.16 Å². The number of hydrogen-bond acceptors (Lipinski definition) is 0. The lowest BCUT2D eigenvalue weighted by atomic mass is 10.4. The molecular formula is C9H15P. The van der Waals surface area contributed by atoms with Gasteiger partial charge in [-0.3, -0.25) is 0 Å². The monoisotopic (exact) mass is 154 g/mol. The Hall–Kier alpha value is -0.350. The lowest BCUT2D eigenvalue weighted by molar-refractivity contribution is 1.11. The van der Waals surface area contributed by atoms with Gasteiger partial charge in [0.05, 0.1) is 0 Å². The van der Waals surface area contributed by atoms with E-state index in [9.17, 15) is 0 Å². The Morgan fingerprint density at radius 2 is 1.10 bits per heavy atom. The average molecular weight is 154 g/mol. The second-order valence-electron chi connectivity index (χ2n) is 1.94. The highest BCUT2D eigenvalue weighted by Crippen LogP contribution is 1.81. The van der Waals surface area contributed by atoms with Crippen LogP contribution >= 0.6 is 9.24 Å². The Morgan fingerprint density at radius 1 is 0.900 bits per heavy atom. The Balaban J connectivity index is 0.000000180. The van der Waals surface area contributed by atoms with Crippen molar-refractivity contribution in [2.45, 2.75) is 13.3 Å². The Labute approximate surface area is 65.9 Å². The van der Waals surface area contributed by atoms with Crippen LogP contribution in [0.2, 0.25) is 0 Å². The molecule has 1 heteroatoms. The van der Waals surface area contributed by atoms with Gasteiger partial charge in [-0.15, -0.1) is 9.24 Å². The molecule has 10 heavy (non-hydrogen) atoms. The molecule has 0 radical (unpaired) electrons. The van der Waals surface area contributed by atoms with Gasteiger partial charge in [-0.05, 0) is 6.16 Å². The molecule has 1 unspecified atom stereocenters. The lowest BCUT2D eigenvalue weighted by Gasteiger charge is -1.69. The summed E-state index contributed by atoms with van der Waals surface area (Å²) in [6.07, 6.45) is 2.52. The molecule has 0 N–H and O–H groups in total. The Kier molecular flexibility index (Phi) is 8.35. The molecule has 1 rings (SSSR count). The smallest absolute Gasteiger partial charge is 0.0384 e. The highest BCUT2D eigenvalue weighted by atomic mass is 31.0. The summed E-state index contributed by atoms with van der Waals surface area (Å²) in [5.41, 5.74) is 0. The van der Waals surface area contributed by atoms with Gasteiger partial charge in [0.2, 0.25) is 0 Å². The first kappa shape index (κ1) is 9.65. The van der Waals surface area contributed by atoms with Crippen LogP contribution in [0.25, 0.3) is 0 Å². The first-order valence-corrected chi connectivity index (χ1v) is 4.43. The van der Waals surface area contributed by atoms with E-state index in [4.69, 9.17) is 0 Å². The van der Waals surface area contributed by atoms with Crippen molar-refractivity contribution in [1.82, 2.24) is 0 Å². The second kappa shape index (κ2) is 8.65.